The highest BCUT2D eigenvalue weighted by Crippen LogP contribution is 2.47. The minimum Gasteiger partial charge on any atom is -0.492 e. The maximum Gasteiger partial charge on any atom is 0.175 e. The second-order valence-electron chi connectivity index (χ2n) is 6.10. The van der Waals surface area contributed by atoms with E-state index in [-0.39, 0.29) is 0 Å². The zero-order valence-corrected chi connectivity index (χ0v) is 15.7. The predicted molar refractivity (Wildman–Crippen MR) is 100 cm³/mol. The van der Waals surface area contributed by atoms with Gasteiger partial charge in [-0.15, -0.1) is 0 Å². The van der Waals surface area contributed by atoms with Crippen molar-refractivity contribution >= 4 is 18.0 Å². The second kappa shape index (κ2) is 7.93. The van der Waals surface area contributed by atoms with Crippen LogP contribution in [0.3, 0.4) is 0 Å². The van der Waals surface area contributed by atoms with E-state index < -0.39 is 0 Å². The number of rotatable bonds is 5. The van der Waals surface area contributed by atoms with E-state index in [1.807, 2.05) is 18.2 Å². The number of fused-ring (bicyclic) bond motifs is 1. The number of ether oxygens (including phenoxy) is 2. The van der Waals surface area contributed by atoms with E-state index in [0.717, 1.165) is 47.6 Å². The highest BCUT2D eigenvalue weighted by Gasteiger charge is 2.27. The molecule has 0 saturated heterocycles. The number of methoxy groups -OCH3 is 2. The standard InChI is InChI=1S/C20H23NO3S/c1-21-11-9-15-16(10-12-21)20(25-14-7-5-4-6-8-14)19(24-3)18(23-2)17(15)13-22/h4-8,13H,9-12H2,1-3H3. The summed E-state index contributed by atoms with van der Waals surface area (Å²) in [6.45, 7) is 1.89. The van der Waals surface area contributed by atoms with Gasteiger partial charge in [-0.05, 0) is 43.1 Å². The van der Waals surface area contributed by atoms with Gasteiger partial charge in [0, 0.05) is 18.0 Å². The molecule has 0 N–H and O–H groups in total. The molecule has 4 nitrogen and oxygen atoms in total. The largest absolute Gasteiger partial charge is 0.492 e. The van der Waals surface area contributed by atoms with E-state index in [0.29, 0.717) is 17.1 Å². The number of likely N-dealkylation sites (N-methyl/N-ethyl adjacent to an activating group) is 1. The molecule has 0 radical (unpaired) electrons. The second-order valence-corrected chi connectivity index (χ2v) is 7.19. The quantitative estimate of drug-likeness (QED) is 0.763. The Labute approximate surface area is 153 Å². The lowest BCUT2D eigenvalue weighted by Gasteiger charge is -2.21. The van der Waals surface area contributed by atoms with Crippen LogP contribution in [0.5, 0.6) is 11.5 Å². The molecule has 25 heavy (non-hydrogen) atoms. The molecule has 1 aliphatic heterocycles. The van der Waals surface area contributed by atoms with Crippen LogP contribution in [0.1, 0.15) is 21.5 Å². The third-order valence-electron chi connectivity index (χ3n) is 4.60. The van der Waals surface area contributed by atoms with Crippen LogP contribution in [0.25, 0.3) is 0 Å². The molecule has 2 aromatic rings. The van der Waals surface area contributed by atoms with Gasteiger partial charge in [0.25, 0.3) is 0 Å². The fourth-order valence-corrected chi connectivity index (χ4v) is 4.44. The fraction of sp³-hybridized carbons (Fsp3) is 0.350. The molecule has 1 aliphatic rings. The highest BCUT2D eigenvalue weighted by atomic mass is 32.2. The van der Waals surface area contributed by atoms with Gasteiger partial charge in [-0.25, -0.2) is 0 Å². The van der Waals surface area contributed by atoms with Gasteiger partial charge in [-0.3, -0.25) is 4.79 Å². The Morgan fingerprint density at radius 3 is 2.24 bits per heavy atom. The van der Waals surface area contributed by atoms with Gasteiger partial charge in [-0.2, -0.15) is 0 Å². The van der Waals surface area contributed by atoms with E-state index in [1.54, 1.807) is 26.0 Å². The summed E-state index contributed by atoms with van der Waals surface area (Å²) in [6.07, 6.45) is 2.63. The van der Waals surface area contributed by atoms with Gasteiger partial charge in [0.05, 0.1) is 24.7 Å². The molecule has 2 aromatic carbocycles. The lowest BCUT2D eigenvalue weighted by molar-refractivity contribution is 0.111. The normalized spacial score (nSPS) is 14.5. The predicted octanol–water partition coefficient (Wildman–Crippen LogP) is 3.70. The molecule has 1 heterocycles. The van der Waals surface area contributed by atoms with Crippen molar-refractivity contribution < 1.29 is 14.3 Å². The van der Waals surface area contributed by atoms with Crippen molar-refractivity contribution in [3.05, 3.63) is 47.0 Å². The number of benzene rings is 2. The van der Waals surface area contributed by atoms with E-state index in [1.165, 1.54) is 5.56 Å². The first kappa shape index (κ1) is 17.8. The topological polar surface area (TPSA) is 38.8 Å². The summed E-state index contributed by atoms with van der Waals surface area (Å²) in [5.74, 6) is 1.20. The summed E-state index contributed by atoms with van der Waals surface area (Å²) in [5.41, 5.74) is 2.93. The summed E-state index contributed by atoms with van der Waals surface area (Å²) >= 11 is 1.67. The van der Waals surface area contributed by atoms with Crippen LogP contribution in [-0.2, 0) is 12.8 Å². The van der Waals surface area contributed by atoms with E-state index in [9.17, 15) is 4.79 Å². The summed E-state index contributed by atoms with van der Waals surface area (Å²) in [7, 11) is 5.35. The first-order chi connectivity index (χ1) is 12.2. The van der Waals surface area contributed by atoms with Crippen LogP contribution >= 0.6 is 11.8 Å². The van der Waals surface area contributed by atoms with Crippen molar-refractivity contribution in [2.24, 2.45) is 0 Å². The number of aldehydes is 1. The lowest BCUT2D eigenvalue weighted by atomic mass is 9.96. The molecule has 0 unspecified atom stereocenters. The number of hydrogen-bond acceptors (Lipinski definition) is 5. The zero-order chi connectivity index (χ0) is 17.8. The maximum absolute atomic E-state index is 11.8. The minimum absolute atomic E-state index is 0.541. The van der Waals surface area contributed by atoms with Crippen LogP contribution in [0.15, 0.2) is 40.1 Å². The summed E-state index contributed by atoms with van der Waals surface area (Å²) in [5, 5.41) is 0. The van der Waals surface area contributed by atoms with Crippen molar-refractivity contribution in [1.82, 2.24) is 4.90 Å². The molecule has 0 amide bonds. The van der Waals surface area contributed by atoms with Crippen LogP contribution in [0.2, 0.25) is 0 Å². The Morgan fingerprint density at radius 1 is 1.00 bits per heavy atom. The lowest BCUT2D eigenvalue weighted by Crippen LogP contribution is -2.20. The molecule has 3 rings (SSSR count). The van der Waals surface area contributed by atoms with Crippen molar-refractivity contribution in [3.63, 3.8) is 0 Å². The Hall–Kier alpha value is -1.98. The van der Waals surface area contributed by atoms with Crippen molar-refractivity contribution in [1.29, 1.82) is 0 Å². The van der Waals surface area contributed by atoms with Gasteiger partial charge < -0.3 is 14.4 Å². The van der Waals surface area contributed by atoms with Gasteiger partial charge in [0.1, 0.15) is 0 Å². The van der Waals surface area contributed by atoms with Crippen molar-refractivity contribution in [3.8, 4) is 11.5 Å². The van der Waals surface area contributed by atoms with Crippen LogP contribution < -0.4 is 9.47 Å². The van der Waals surface area contributed by atoms with Crippen LogP contribution in [0.4, 0.5) is 0 Å². The molecular formula is C20H23NO3S. The molecule has 0 spiro atoms. The van der Waals surface area contributed by atoms with Gasteiger partial charge in [0.2, 0.25) is 0 Å². The van der Waals surface area contributed by atoms with E-state index in [2.05, 4.69) is 24.1 Å². The van der Waals surface area contributed by atoms with Crippen molar-refractivity contribution in [2.75, 3.05) is 34.4 Å². The average Bonchev–Trinajstić information content (AvgIpc) is 2.84. The van der Waals surface area contributed by atoms with E-state index >= 15 is 0 Å². The summed E-state index contributed by atoms with van der Waals surface area (Å²) in [4.78, 5) is 16.3. The summed E-state index contributed by atoms with van der Waals surface area (Å²) < 4.78 is 11.3. The molecule has 0 atom stereocenters. The first-order valence-electron chi connectivity index (χ1n) is 8.35. The molecule has 132 valence electrons. The van der Waals surface area contributed by atoms with Crippen LogP contribution in [0, 0.1) is 0 Å². The molecule has 0 aromatic heterocycles. The molecule has 5 heteroatoms. The zero-order valence-electron chi connectivity index (χ0n) is 14.9. The third kappa shape index (κ3) is 3.53. The number of hydrogen-bond donors (Lipinski definition) is 0. The van der Waals surface area contributed by atoms with Crippen molar-refractivity contribution in [2.45, 2.75) is 22.6 Å². The Balaban J connectivity index is 2.22. The minimum atomic E-state index is 0.541. The van der Waals surface area contributed by atoms with E-state index in [4.69, 9.17) is 9.47 Å². The number of carbonyl (C=O) groups is 1. The van der Waals surface area contributed by atoms with Gasteiger partial charge in [-0.1, -0.05) is 30.0 Å². The Morgan fingerprint density at radius 2 is 1.64 bits per heavy atom. The van der Waals surface area contributed by atoms with Crippen LogP contribution in [-0.4, -0.2) is 45.5 Å². The Kier molecular flexibility index (Phi) is 5.66. The SMILES string of the molecule is COc1c(C=O)c2c(c(Sc3ccccc3)c1OC)CCN(C)CC2. The number of nitrogens with zero attached hydrogens (tertiary/aromatic N) is 1. The Bertz CT molecular complexity index is 762. The maximum atomic E-state index is 11.8. The highest BCUT2D eigenvalue weighted by molar-refractivity contribution is 7.99. The molecule has 0 aliphatic carbocycles. The molecule has 0 fully saturated rings. The smallest absolute Gasteiger partial charge is 0.175 e. The number of carbonyl (C=O) groups excluding carboxylic acids is 1. The monoisotopic (exact) mass is 357 g/mol. The van der Waals surface area contributed by atoms with Gasteiger partial charge in [0.15, 0.2) is 17.8 Å². The molecular weight excluding hydrogens is 334 g/mol. The van der Waals surface area contributed by atoms with Gasteiger partial charge >= 0.3 is 0 Å². The third-order valence-corrected chi connectivity index (χ3v) is 5.74. The molecule has 0 bridgehead atoms. The first-order valence-corrected chi connectivity index (χ1v) is 9.17. The molecule has 0 saturated carbocycles. The summed E-state index contributed by atoms with van der Waals surface area (Å²) in [6, 6.07) is 10.2. The average molecular weight is 357 g/mol. The fourth-order valence-electron chi connectivity index (χ4n) is 3.29.